The highest BCUT2D eigenvalue weighted by molar-refractivity contribution is 5.89. The van der Waals surface area contributed by atoms with Crippen LogP contribution in [0.15, 0.2) is 47.1 Å². The summed E-state index contributed by atoms with van der Waals surface area (Å²) in [4.78, 5) is 16.3. The Morgan fingerprint density at radius 1 is 1.19 bits per heavy atom. The van der Waals surface area contributed by atoms with Crippen molar-refractivity contribution in [2.45, 2.75) is 13.5 Å². The highest BCUT2D eigenvalue weighted by atomic mass is 19.1. The number of hydrogen-bond donors (Lipinski definition) is 0. The van der Waals surface area contributed by atoms with Crippen LogP contribution in [0.3, 0.4) is 0 Å². The van der Waals surface area contributed by atoms with Crippen LogP contribution in [-0.4, -0.2) is 30.7 Å². The SMILES string of the molecule is Cc1nnc2ccc(C(=O)OCc3noc(-c4ccc(F)cc4)n3)cn12. The maximum absolute atomic E-state index is 12.9. The first-order valence-corrected chi connectivity index (χ1v) is 7.67. The minimum atomic E-state index is -0.534. The average Bonchev–Trinajstić information content (AvgIpc) is 3.27. The zero-order valence-corrected chi connectivity index (χ0v) is 13.6. The predicted octanol–water partition coefficient (Wildman–Crippen LogP) is 2.58. The maximum Gasteiger partial charge on any atom is 0.340 e. The van der Waals surface area contributed by atoms with Crippen LogP contribution in [0.25, 0.3) is 17.1 Å². The van der Waals surface area contributed by atoms with Gasteiger partial charge < -0.3 is 9.26 Å². The van der Waals surface area contributed by atoms with Gasteiger partial charge in [0.05, 0.1) is 5.56 Å². The normalized spacial score (nSPS) is 11.0. The molecule has 4 rings (SSSR count). The second-order valence-corrected chi connectivity index (χ2v) is 5.49. The molecule has 0 saturated carbocycles. The zero-order valence-electron chi connectivity index (χ0n) is 13.6. The Morgan fingerprint density at radius 2 is 2.00 bits per heavy atom. The summed E-state index contributed by atoms with van der Waals surface area (Å²) in [6, 6.07) is 8.92. The summed E-state index contributed by atoms with van der Waals surface area (Å²) in [5.74, 6) is 0.199. The van der Waals surface area contributed by atoms with E-state index in [1.165, 1.54) is 24.3 Å². The lowest BCUT2D eigenvalue weighted by molar-refractivity contribution is 0.0459. The smallest absolute Gasteiger partial charge is 0.340 e. The van der Waals surface area contributed by atoms with Crippen LogP contribution in [0.2, 0.25) is 0 Å². The van der Waals surface area contributed by atoms with Crippen LogP contribution in [-0.2, 0) is 11.3 Å². The second-order valence-electron chi connectivity index (χ2n) is 5.49. The molecule has 8 nitrogen and oxygen atoms in total. The molecule has 0 aliphatic heterocycles. The van der Waals surface area contributed by atoms with Crippen LogP contribution in [0.1, 0.15) is 22.0 Å². The molecule has 0 aliphatic carbocycles. The van der Waals surface area contributed by atoms with Gasteiger partial charge in [-0.1, -0.05) is 5.16 Å². The maximum atomic E-state index is 12.9. The van der Waals surface area contributed by atoms with E-state index in [4.69, 9.17) is 9.26 Å². The topological polar surface area (TPSA) is 95.4 Å². The van der Waals surface area contributed by atoms with Crippen molar-refractivity contribution in [1.29, 1.82) is 0 Å². The third-order valence-electron chi connectivity index (χ3n) is 3.70. The van der Waals surface area contributed by atoms with E-state index in [9.17, 15) is 9.18 Å². The molecule has 1 aromatic carbocycles. The molecule has 0 aliphatic rings. The second kappa shape index (κ2) is 6.36. The van der Waals surface area contributed by atoms with Crippen molar-refractivity contribution in [3.63, 3.8) is 0 Å². The molecule has 3 heterocycles. The lowest BCUT2D eigenvalue weighted by atomic mass is 10.2. The van der Waals surface area contributed by atoms with Gasteiger partial charge in [0, 0.05) is 11.8 Å². The molecular weight excluding hydrogens is 341 g/mol. The summed E-state index contributed by atoms with van der Waals surface area (Å²) in [7, 11) is 0. The van der Waals surface area contributed by atoms with E-state index in [1.807, 2.05) is 0 Å². The number of hydrogen-bond acceptors (Lipinski definition) is 7. The fraction of sp³-hybridized carbons (Fsp3) is 0.118. The van der Waals surface area contributed by atoms with E-state index in [-0.39, 0.29) is 24.1 Å². The standard InChI is InChI=1S/C17H12FN5O3/c1-10-20-21-15-7-4-12(8-23(10)15)17(24)25-9-14-19-16(26-22-14)11-2-5-13(18)6-3-11/h2-8H,9H2,1H3. The summed E-state index contributed by atoms with van der Waals surface area (Å²) in [5, 5.41) is 11.6. The summed E-state index contributed by atoms with van der Waals surface area (Å²) in [5.41, 5.74) is 1.56. The van der Waals surface area contributed by atoms with E-state index in [0.29, 0.717) is 22.6 Å². The number of fused-ring (bicyclic) bond motifs is 1. The number of rotatable bonds is 4. The molecule has 0 bridgehead atoms. The molecule has 130 valence electrons. The first-order valence-electron chi connectivity index (χ1n) is 7.67. The van der Waals surface area contributed by atoms with E-state index in [0.717, 1.165) is 0 Å². The van der Waals surface area contributed by atoms with Crippen molar-refractivity contribution in [2.75, 3.05) is 0 Å². The first kappa shape index (κ1) is 15.9. The molecule has 0 N–H and O–H groups in total. The van der Waals surface area contributed by atoms with Crippen LogP contribution in [0, 0.1) is 12.7 Å². The molecule has 4 aromatic rings. The van der Waals surface area contributed by atoms with Gasteiger partial charge in [-0.25, -0.2) is 9.18 Å². The Morgan fingerprint density at radius 3 is 2.81 bits per heavy atom. The number of carbonyl (C=O) groups is 1. The third-order valence-corrected chi connectivity index (χ3v) is 3.70. The van der Waals surface area contributed by atoms with Gasteiger partial charge in [0.1, 0.15) is 11.6 Å². The monoisotopic (exact) mass is 353 g/mol. The number of esters is 1. The van der Waals surface area contributed by atoms with Gasteiger partial charge in [0.25, 0.3) is 5.89 Å². The van der Waals surface area contributed by atoms with Gasteiger partial charge in [-0.15, -0.1) is 10.2 Å². The van der Waals surface area contributed by atoms with E-state index >= 15 is 0 Å². The molecule has 9 heteroatoms. The Bertz CT molecular complexity index is 1090. The minimum absolute atomic E-state index is 0.150. The summed E-state index contributed by atoms with van der Waals surface area (Å²) < 4.78 is 24.9. The Hall–Kier alpha value is -3.62. The van der Waals surface area contributed by atoms with E-state index < -0.39 is 5.97 Å². The fourth-order valence-corrected chi connectivity index (χ4v) is 2.36. The van der Waals surface area contributed by atoms with Crippen LogP contribution in [0.5, 0.6) is 0 Å². The average molecular weight is 353 g/mol. The largest absolute Gasteiger partial charge is 0.454 e. The summed E-state index contributed by atoms with van der Waals surface area (Å²) >= 11 is 0. The van der Waals surface area contributed by atoms with Crippen molar-refractivity contribution >= 4 is 11.6 Å². The van der Waals surface area contributed by atoms with Crippen molar-refractivity contribution in [3.05, 3.63) is 65.6 Å². The molecular formula is C17H12FN5O3. The van der Waals surface area contributed by atoms with Crippen LogP contribution in [0.4, 0.5) is 4.39 Å². The number of aromatic nitrogens is 5. The Labute approximate surface area is 146 Å². The number of benzene rings is 1. The molecule has 26 heavy (non-hydrogen) atoms. The molecule has 0 saturated heterocycles. The van der Waals surface area contributed by atoms with Gasteiger partial charge in [-0.05, 0) is 43.3 Å². The minimum Gasteiger partial charge on any atom is -0.454 e. The molecule has 0 amide bonds. The number of ether oxygens (including phenoxy) is 1. The third kappa shape index (κ3) is 3.02. The lowest BCUT2D eigenvalue weighted by Crippen LogP contribution is -2.07. The van der Waals surface area contributed by atoms with Crippen molar-refractivity contribution in [1.82, 2.24) is 24.7 Å². The predicted molar refractivity (Wildman–Crippen MR) is 86.5 cm³/mol. The highest BCUT2D eigenvalue weighted by Crippen LogP contribution is 2.17. The quantitative estimate of drug-likeness (QED) is 0.520. The molecule has 0 atom stereocenters. The molecule has 0 radical (unpaired) electrons. The number of halogens is 1. The van der Waals surface area contributed by atoms with Crippen molar-refractivity contribution in [3.8, 4) is 11.5 Å². The van der Waals surface area contributed by atoms with E-state index in [2.05, 4.69) is 20.3 Å². The number of aryl methyl sites for hydroxylation is 1. The van der Waals surface area contributed by atoms with Crippen LogP contribution >= 0.6 is 0 Å². The first-order chi connectivity index (χ1) is 12.6. The summed E-state index contributed by atoms with van der Waals surface area (Å²) in [6.45, 7) is 1.63. The fourth-order valence-electron chi connectivity index (χ4n) is 2.36. The molecule has 0 spiro atoms. The van der Waals surface area contributed by atoms with Crippen LogP contribution < -0.4 is 0 Å². The van der Waals surface area contributed by atoms with Gasteiger partial charge in [0.15, 0.2) is 12.3 Å². The molecule has 0 fully saturated rings. The Balaban J connectivity index is 1.45. The van der Waals surface area contributed by atoms with Crippen molar-refractivity contribution < 1.29 is 18.4 Å². The van der Waals surface area contributed by atoms with Gasteiger partial charge in [-0.2, -0.15) is 4.98 Å². The zero-order chi connectivity index (χ0) is 18.1. The Kier molecular flexibility index (Phi) is 3.88. The molecule has 0 unspecified atom stereocenters. The molecule has 3 aromatic heterocycles. The highest BCUT2D eigenvalue weighted by Gasteiger charge is 2.14. The lowest BCUT2D eigenvalue weighted by Gasteiger charge is -2.03. The summed E-state index contributed by atoms with van der Waals surface area (Å²) in [6.07, 6.45) is 1.60. The number of nitrogens with zero attached hydrogens (tertiary/aromatic N) is 5. The number of pyridine rings is 1. The van der Waals surface area contributed by atoms with Gasteiger partial charge in [0.2, 0.25) is 5.82 Å². The van der Waals surface area contributed by atoms with Gasteiger partial charge >= 0.3 is 5.97 Å². The number of carbonyl (C=O) groups excluding carboxylic acids is 1. The van der Waals surface area contributed by atoms with Gasteiger partial charge in [-0.3, -0.25) is 4.40 Å². The van der Waals surface area contributed by atoms with E-state index in [1.54, 1.807) is 29.7 Å². The van der Waals surface area contributed by atoms with Crippen molar-refractivity contribution in [2.24, 2.45) is 0 Å².